The van der Waals surface area contributed by atoms with E-state index in [9.17, 15) is 0 Å². The molecule has 0 saturated carbocycles. The fourth-order valence-electron chi connectivity index (χ4n) is 2.31. The zero-order valence-corrected chi connectivity index (χ0v) is 12.7. The van der Waals surface area contributed by atoms with Crippen molar-refractivity contribution in [2.75, 3.05) is 13.2 Å². The highest BCUT2D eigenvalue weighted by Gasteiger charge is 2.13. The van der Waals surface area contributed by atoms with E-state index in [2.05, 4.69) is 30.7 Å². The van der Waals surface area contributed by atoms with E-state index in [1.807, 2.05) is 18.2 Å². The third-order valence-corrected chi connectivity index (χ3v) is 4.52. The van der Waals surface area contributed by atoms with E-state index in [1.165, 1.54) is 10.5 Å². The number of rotatable bonds is 5. The van der Waals surface area contributed by atoms with Gasteiger partial charge in [0.1, 0.15) is 13.2 Å². The van der Waals surface area contributed by atoms with Crippen molar-refractivity contribution in [3.8, 4) is 11.5 Å². The summed E-state index contributed by atoms with van der Waals surface area (Å²) < 4.78 is 11.2. The normalized spacial score (nSPS) is 13.0. The Labute approximate surface area is 129 Å². The summed E-state index contributed by atoms with van der Waals surface area (Å²) in [5.74, 6) is 1.64. The molecule has 2 nitrogen and oxygen atoms in total. The Morgan fingerprint density at radius 3 is 2.52 bits per heavy atom. The number of allylic oxidation sites excluding steroid dienone is 2. The van der Waals surface area contributed by atoms with Gasteiger partial charge in [0.25, 0.3) is 0 Å². The second-order valence-electron chi connectivity index (χ2n) is 5.04. The molecule has 0 spiro atoms. The Morgan fingerprint density at radius 2 is 1.76 bits per heavy atom. The molecular formula is C18H18O2S. The van der Waals surface area contributed by atoms with Gasteiger partial charge in [0.05, 0.1) is 0 Å². The monoisotopic (exact) mass is 298 g/mol. The van der Waals surface area contributed by atoms with Gasteiger partial charge in [-0.15, -0.1) is 11.3 Å². The van der Waals surface area contributed by atoms with Crippen molar-refractivity contribution in [2.45, 2.75) is 12.8 Å². The largest absolute Gasteiger partial charge is 0.486 e. The van der Waals surface area contributed by atoms with Gasteiger partial charge in [-0.1, -0.05) is 25.3 Å². The van der Waals surface area contributed by atoms with Crippen molar-refractivity contribution in [2.24, 2.45) is 0 Å². The van der Waals surface area contributed by atoms with E-state index < -0.39 is 0 Å². The second kappa shape index (κ2) is 6.19. The average Bonchev–Trinajstić information content (AvgIpc) is 3.06. The molecule has 3 rings (SSSR count). The highest BCUT2D eigenvalue weighted by atomic mass is 32.1. The Bertz CT molecular complexity index is 656. The zero-order valence-electron chi connectivity index (χ0n) is 11.9. The minimum absolute atomic E-state index is 0.609. The topological polar surface area (TPSA) is 18.5 Å². The van der Waals surface area contributed by atoms with E-state index in [4.69, 9.17) is 9.47 Å². The van der Waals surface area contributed by atoms with Crippen molar-refractivity contribution in [3.63, 3.8) is 0 Å². The number of ether oxygens (including phenoxy) is 2. The van der Waals surface area contributed by atoms with Crippen LogP contribution in [0.4, 0.5) is 0 Å². The van der Waals surface area contributed by atoms with E-state index >= 15 is 0 Å². The van der Waals surface area contributed by atoms with Gasteiger partial charge in [-0.25, -0.2) is 0 Å². The first kappa shape index (κ1) is 14.0. The first-order valence-electron chi connectivity index (χ1n) is 7.03. The summed E-state index contributed by atoms with van der Waals surface area (Å²) in [5, 5.41) is 2.08. The maximum Gasteiger partial charge on any atom is 0.161 e. The first-order chi connectivity index (χ1) is 10.2. The first-order valence-corrected chi connectivity index (χ1v) is 7.91. The molecule has 0 amide bonds. The van der Waals surface area contributed by atoms with Crippen molar-refractivity contribution in [3.05, 3.63) is 59.3 Å². The predicted molar refractivity (Wildman–Crippen MR) is 89.1 cm³/mol. The predicted octanol–water partition coefficient (Wildman–Crippen LogP) is 5.03. The molecule has 3 heteroatoms. The van der Waals surface area contributed by atoms with Gasteiger partial charge in [-0.05, 0) is 53.1 Å². The van der Waals surface area contributed by atoms with E-state index in [0.29, 0.717) is 13.2 Å². The molecule has 2 heterocycles. The van der Waals surface area contributed by atoms with Crippen LogP contribution in [0.3, 0.4) is 0 Å². The average molecular weight is 298 g/mol. The van der Waals surface area contributed by atoms with E-state index in [0.717, 1.165) is 35.5 Å². The van der Waals surface area contributed by atoms with Gasteiger partial charge >= 0.3 is 0 Å². The van der Waals surface area contributed by atoms with E-state index in [-0.39, 0.29) is 0 Å². The van der Waals surface area contributed by atoms with Crippen LogP contribution in [0.5, 0.6) is 11.5 Å². The summed E-state index contributed by atoms with van der Waals surface area (Å²) in [6.45, 7) is 9.58. The fourth-order valence-corrected chi connectivity index (χ4v) is 3.04. The molecule has 0 bridgehead atoms. The molecule has 0 unspecified atom stereocenters. The molecular weight excluding hydrogens is 280 g/mol. The molecule has 0 radical (unpaired) electrons. The minimum Gasteiger partial charge on any atom is -0.486 e. The van der Waals surface area contributed by atoms with Crippen LogP contribution in [0.15, 0.2) is 48.9 Å². The quantitative estimate of drug-likeness (QED) is 0.771. The van der Waals surface area contributed by atoms with E-state index in [1.54, 1.807) is 11.3 Å². The van der Waals surface area contributed by atoms with Crippen LogP contribution in [0.1, 0.15) is 23.3 Å². The summed E-state index contributed by atoms with van der Waals surface area (Å²) in [7, 11) is 0. The van der Waals surface area contributed by atoms with Gasteiger partial charge in [-0.3, -0.25) is 0 Å². The smallest absolute Gasteiger partial charge is 0.161 e. The van der Waals surface area contributed by atoms with Gasteiger partial charge in [-0.2, -0.15) is 0 Å². The number of fused-ring (bicyclic) bond motifs is 1. The summed E-state index contributed by atoms with van der Waals surface area (Å²) >= 11 is 1.73. The van der Waals surface area contributed by atoms with Crippen LogP contribution in [0, 0.1) is 0 Å². The second-order valence-corrected chi connectivity index (χ2v) is 5.99. The van der Waals surface area contributed by atoms with Crippen LogP contribution in [0.2, 0.25) is 0 Å². The third-order valence-electron chi connectivity index (χ3n) is 3.55. The van der Waals surface area contributed by atoms with Crippen molar-refractivity contribution >= 4 is 22.5 Å². The fraction of sp³-hybridized carbons (Fsp3) is 0.222. The minimum atomic E-state index is 0.609. The Hall–Kier alpha value is -2.00. The molecule has 1 aliphatic rings. The molecule has 0 N–H and O–H groups in total. The Morgan fingerprint density at radius 1 is 1.00 bits per heavy atom. The summed E-state index contributed by atoms with van der Waals surface area (Å²) in [6.07, 6.45) is 1.82. The molecule has 0 aliphatic carbocycles. The maximum absolute atomic E-state index is 5.62. The van der Waals surface area contributed by atoms with Crippen LogP contribution < -0.4 is 9.47 Å². The highest BCUT2D eigenvalue weighted by molar-refractivity contribution is 7.11. The van der Waals surface area contributed by atoms with Crippen LogP contribution in [-0.2, 0) is 0 Å². The zero-order chi connectivity index (χ0) is 14.7. The number of hydrogen-bond donors (Lipinski definition) is 0. The lowest BCUT2D eigenvalue weighted by Gasteiger charge is -2.19. The molecule has 0 saturated heterocycles. The molecule has 21 heavy (non-hydrogen) atoms. The summed E-state index contributed by atoms with van der Waals surface area (Å²) in [5.41, 5.74) is 3.38. The molecule has 108 valence electrons. The standard InChI is InChI=1S/C18H18O2S/c1-13(5-6-14(2)18-4-3-11-21-18)15-7-8-16-17(12-15)20-10-9-19-16/h3-4,7-8,11-12H,1-2,5-6,9-10H2. The Kier molecular flexibility index (Phi) is 4.11. The molecule has 0 fully saturated rings. The lowest BCUT2D eigenvalue weighted by atomic mass is 9.99. The third kappa shape index (κ3) is 3.19. The SMILES string of the molecule is C=C(CCC(=C)c1cccs1)c1ccc2c(c1)OCCO2. The Balaban J connectivity index is 1.64. The van der Waals surface area contributed by atoms with Crippen LogP contribution in [-0.4, -0.2) is 13.2 Å². The lowest BCUT2D eigenvalue weighted by Crippen LogP contribution is -2.15. The van der Waals surface area contributed by atoms with Crippen molar-refractivity contribution in [1.82, 2.24) is 0 Å². The van der Waals surface area contributed by atoms with Gasteiger partial charge in [0.15, 0.2) is 11.5 Å². The number of hydrogen-bond acceptors (Lipinski definition) is 3. The molecule has 0 atom stereocenters. The highest BCUT2D eigenvalue weighted by Crippen LogP contribution is 2.34. The molecule has 1 aromatic carbocycles. The lowest BCUT2D eigenvalue weighted by molar-refractivity contribution is 0.171. The molecule has 1 aromatic heterocycles. The summed E-state index contributed by atoms with van der Waals surface area (Å²) in [6, 6.07) is 10.2. The maximum atomic E-state index is 5.62. The number of thiophene rings is 1. The molecule has 2 aromatic rings. The van der Waals surface area contributed by atoms with Crippen molar-refractivity contribution < 1.29 is 9.47 Å². The van der Waals surface area contributed by atoms with Crippen LogP contribution >= 0.6 is 11.3 Å². The van der Waals surface area contributed by atoms with Crippen molar-refractivity contribution in [1.29, 1.82) is 0 Å². The number of benzene rings is 1. The van der Waals surface area contributed by atoms with Gasteiger partial charge < -0.3 is 9.47 Å². The van der Waals surface area contributed by atoms with Gasteiger partial charge in [0, 0.05) is 4.88 Å². The molecule has 1 aliphatic heterocycles. The van der Waals surface area contributed by atoms with Gasteiger partial charge in [0.2, 0.25) is 0 Å². The summed E-state index contributed by atoms with van der Waals surface area (Å²) in [4.78, 5) is 1.25. The van der Waals surface area contributed by atoms with Crippen LogP contribution in [0.25, 0.3) is 11.1 Å².